The highest BCUT2D eigenvalue weighted by Crippen LogP contribution is 2.44. The lowest BCUT2D eigenvalue weighted by molar-refractivity contribution is -0.137. The minimum atomic E-state index is -0.640. The van der Waals surface area contributed by atoms with E-state index in [4.69, 9.17) is 5.11 Å². The quantitative estimate of drug-likeness (QED) is 0.753. The second kappa shape index (κ2) is 7.16. The average molecular weight is 254 g/mol. The van der Waals surface area contributed by atoms with E-state index in [-0.39, 0.29) is 0 Å². The molecular formula is C16H30O2. The van der Waals surface area contributed by atoms with Crippen LogP contribution in [0.15, 0.2) is 0 Å². The van der Waals surface area contributed by atoms with Crippen LogP contribution in [-0.2, 0) is 4.79 Å². The van der Waals surface area contributed by atoms with Crippen LogP contribution in [0.3, 0.4) is 0 Å². The standard InChI is InChI=1S/C16H30O2/c1-5-13(7-9-16(17)18)15-10-12(4)6-8-14(15)11(2)3/h11-15H,5-10H2,1-4H3,(H,17,18). The van der Waals surface area contributed by atoms with Gasteiger partial charge >= 0.3 is 5.97 Å². The van der Waals surface area contributed by atoms with Crippen LogP contribution in [0.5, 0.6) is 0 Å². The van der Waals surface area contributed by atoms with Crippen LogP contribution < -0.4 is 0 Å². The van der Waals surface area contributed by atoms with Crippen LogP contribution in [0.2, 0.25) is 0 Å². The third-order valence-corrected chi connectivity index (χ3v) is 4.93. The zero-order chi connectivity index (χ0) is 13.7. The molecule has 0 aromatic heterocycles. The van der Waals surface area contributed by atoms with Crippen LogP contribution in [0, 0.1) is 29.6 Å². The molecule has 1 rings (SSSR count). The number of carboxylic acid groups (broad SMARTS) is 1. The van der Waals surface area contributed by atoms with E-state index >= 15 is 0 Å². The zero-order valence-electron chi connectivity index (χ0n) is 12.5. The lowest BCUT2D eigenvalue weighted by atomic mass is 9.64. The second-order valence-electron chi connectivity index (χ2n) is 6.59. The minimum absolute atomic E-state index is 0.341. The first-order valence-electron chi connectivity index (χ1n) is 7.67. The fourth-order valence-electron chi connectivity index (χ4n) is 3.85. The van der Waals surface area contributed by atoms with E-state index in [1.807, 2.05) is 0 Å². The summed E-state index contributed by atoms with van der Waals surface area (Å²) in [5.41, 5.74) is 0. The maximum Gasteiger partial charge on any atom is 0.303 e. The Morgan fingerprint density at radius 2 is 1.94 bits per heavy atom. The topological polar surface area (TPSA) is 37.3 Å². The average Bonchev–Trinajstić information content (AvgIpc) is 2.29. The SMILES string of the molecule is CCC(CCC(=O)O)C1CC(C)CCC1C(C)C. The Labute approximate surface area is 112 Å². The molecule has 0 aliphatic heterocycles. The molecule has 0 aromatic rings. The van der Waals surface area contributed by atoms with Crippen LogP contribution >= 0.6 is 0 Å². The molecule has 4 unspecified atom stereocenters. The molecule has 0 radical (unpaired) electrons. The van der Waals surface area contributed by atoms with Gasteiger partial charge in [-0.2, -0.15) is 0 Å². The molecule has 0 heterocycles. The Morgan fingerprint density at radius 3 is 2.44 bits per heavy atom. The number of carboxylic acids is 1. The highest BCUT2D eigenvalue weighted by atomic mass is 16.4. The van der Waals surface area contributed by atoms with Crippen molar-refractivity contribution in [1.82, 2.24) is 0 Å². The smallest absolute Gasteiger partial charge is 0.303 e. The normalized spacial score (nSPS) is 30.4. The lowest BCUT2D eigenvalue weighted by Crippen LogP contribution is -2.33. The van der Waals surface area contributed by atoms with Crippen molar-refractivity contribution >= 4 is 5.97 Å². The van der Waals surface area contributed by atoms with E-state index in [2.05, 4.69) is 27.7 Å². The second-order valence-corrected chi connectivity index (χ2v) is 6.59. The summed E-state index contributed by atoms with van der Waals surface area (Å²) in [4.78, 5) is 10.8. The molecule has 2 nitrogen and oxygen atoms in total. The molecule has 0 spiro atoms. The fraction of sp³-hybridized carbons (Fsp3) is 0.938. The van der Waals surface area contributed by atoms with Gasteiger partial charge in [0.15, 0.2) is 0 Å². The lowest BCUT2D eigenvalue weighted by Gasteiger charge is -2.41. The summed E-state index contributed by atoms with van der Waals surface area (Å²) in [6.07, 6.45) is 6.34. The Kier molecular flexibility index (Phi) is 6.17. The Balaban J connectivity index is 2.68. The van der Waals surface area contributed by atoms with Crippen molar-refractivity contribution in [3.63, 3.8) is 0 Å². The number of hydrogen-bond donors (Lipinski definition) is 1. The fourth-order valence-corrected chi connectivity index (χ4v) is 3.85. The van der Waals surface area contributed by atoms with E-state index in [9.17, 15) is 4.79 Å². The van der Waals surface area contributed by atoms with Crippen molar-refractivity contribution in [2.45, 2.75) is 66.2 Å². The number of hydrogen-bond acceptors (Lipinski definition) is 1. The Bertz CT molecular complexity index is 260. The monoisotopic (exact) mass is 254 g/mol. The van der Waals surface area contributed by atoms with Gasteiger partial charge in [0.1, 0.15) is 0 Å². The number of rotatable bonds is 6. The molecule has 1 N–H and O–H groups in total. The van der Waals surface area contributed by atoms with Gasteiger partial charge in [-0.15, -0.1) is 0 Å². The summed E-state index contributed by atoms with van der Waals surface area (Å²) in [5, 5.41) is 8.88. The molecule has 1 aliphatic rings. The first-order valence-corrected chi connectivity index (χ1v) is 7.67. The maximum absolute atomic E-state index is 10.8. The number of aliphatic carboxylic acids is 1. The molecule has 2 heteroatoms. The summed E-state index contributed by atoms with van der Waals surface area (Å²) in [5.74, 6) is 3.08. The van der Waals surface area contributed by atoms with Crippen molar-refractivity contribution in [2.24, 2.45) is 29.6 Å². The third-order valence-electron chi connectivity index (χ3n) is 4.93. The molecule has 0 saturated heterocycles. The molecular weight excluding hydrogens is 224 g/mol. The molecule has 18 heavy (non-hydrogen) atoms. The van der Waals surface area contributed by atoms with Crippen molar-refractivity contribution in [1.29, 1.82) is 0 Å². The molecule has 0 aromatic carbocycles. The van der Waals surface area contributed by atoms with E-state index < -0.39 is 5.97 Å². The van der Waals surface area contributed by atoms with Gasteiger partial charge < -0.3 is 5.11 Å². The number of carbonyl (C=O) groups is 1. The molecule has 106 valence electrons. The van der Waals surface area contributed by atoms with Gasteiger partial charge in [-0.1, -0.05) is 40.5 Å². The summed E-state index contributed by atoms with van der Waals surface area (Å²) >= 11 is 0. The van der Waals surface area contributed by atoms with Crippen molar-refractivity contribution in [3.8, 4) is 0 Å². The van der Waals surface area contributed by atoms with Gasteiger partial charge in [0.05, 0.1) is 0 Å². The zero-order valence-corrected chi connectivity index (χ0v) is 12.5. The predicted octanol–water partition coefficient (Wildman–Crippen LogP) is 4.59. The first kappa shape index (κ1) is 15.5. The maximum atomic E-state index is 10.8. The van der Waals surface area contributed by atoms with Crippen LogP contribution in [0.25, 0.3) is 0 Å². The van der Waals surface area contributed by atoms with Crippen LogP contribution in [-0.4, -0.2) is 11.1 Å². The van der Waals surface area contributed by atoms with Crippen LogP contribution in [0.1, 0.15) is 66.2 Å². The minimum Gasteiger partial charge on any atom is -0.481 e. The van der Waals surface area contributed by atoms with Crippen molar-refractivity contribution < 1.29 is 9.90 Å². The van der Waals surface area contributed by atoms with E-state index in [1.165, 1.54) is 19.3 Å². The molecule has 4 atom stereocenters. The van der Waals surface area contributed by atoms with Crippen LogP contribution in [0.4, 0.5) is 0 Å². The van der Waals surface area contributed by atoms with Gasteiger partial charge in [0.2, 0.25) is 0 Å². The van der Waals surface area contributed by atoms with Gasteiger partial charge in [0, 0.05) is 6.42 Å². The van der Waals surface area contributed by atoms with Gasteiger partial charge in [-0.3, -0.25) is 4.79 Å². The summed E-state index contributed by atoms with van der Waals surface area (Å²) < 4.78 is 0. The summed E-state index contributed by atoms with van der Waals surface area (Å²) in [6.45, 7) is 9.24. The molecule has 1 fully saturated rings. The summed E-state index contributed by atoms with van der Waals surface area (Å²) in [7, 11) is 0. The largest absolute Gasteiger partial charge is 0.481 e. The van der Waals surface area contributed by atoms with Gasteiger partial charge in [0.25, 0.3) is 0 Å². The van der Waals surface area contributed by atoms with Gasteiger partial charge in [-0.05, 0) is 48.9 Å². The molecule has 0 amide bonds. The Morgan fingerprint density at radius 1 is 1.28 bits per heavy atom. The van der Waals surface area contributed by atoms with Crippen molar-refractivity contribution in [3.05, 3.63) is 0 Å². The first-order chi connectivity index (χ1) is 8.45. The summed E-state index contributed by atoms with van der Waals surface area (Å²) in [6, 6.07) is 0. The van der Waals surface area contributed by atoms with E-state index in [1.54, 1.807) is 0 Å². The molecule has 1 saturated carbocycles. The van der Waals surface area contributed by atoms with Gasteiger partial charge in [-0.25, -0.2) is 0 Å². The van der Waals surface area contributed by atoms with E-state index in [0.29, 0.717) is 12.3 Å². The third kappa shape index (κ3) is 4.29. The molecule has 0 bridgehead atoms. The molecule has 1 aliphatic carbocycles. The highest BCUT2D eigenvalue weighted by molar-refractivity contribution is 5.66. The highest BCUT2D eigenvalue weighted by Gasteiger charge is 2.34. The van der Waals surface area contributed by atoms with Crippen molar-refractivity contribution in [2.75, 3.05) is 0 Å². The van der Waals surface area contributed by atoms with E-state index in [0.717, 1.165) is 36.5 Å². The Hall–Kier alpha value is -0.530. The predicted molar refractivity (Wildman–Crippen MR) is 75.5 cm³/mol.